The largest absolute Gasteiger partial charge is 0.351 e. The third-order valence-corrected chi connectivity index (χ3v) is 4.63. The summed E-state index contributed by atoms with van der Waals surface area (Å²) in [5.74, 6) is 0.861. The number of nitrogens with zero attached hydrogens (tertiary/aromatic N) is 4. The van der Waals surface area contributed by atoms with Crippen molar-refractivity contribution >= 4 is 5.82 Å². The zero-order chi connectivity index (χ0) is 17.6. The minimum Gasteiger partial charge on any atom is -0.351 e. The van der Waals surface area contributed by atoms with Crippen LogP contribution in [-0.4, -0.2) is 28.9 Å². The molecule has 6 nitrogen and oxygen atoms in total. The number of aromatic nitrogens is 2. The second-order valence-electron chi connectivity index (χ2n) is 6.44. The highest BCUT2D eigenvalue weighted by Gasteiger charge is 2.23. The van der Waals surface area contributed by atoms with E-state index in [0.717, 1.165) is 43.9 Å². The Bertz CT molecular complexity index is 823. The van der Waals surface area contributed by atoms with E-state index in [-0.39, 0.29) is 5.56 Å². The van der Waals surface area contributed by atoms with Crippen molar-refractivity contribution in [2.24, 2.45) is 7.05 Å². The van der Waals surface area contributed by atoms with Crippen LogP contribution in [-0.2, 0) is 13.6 Å². The number of benzene rings is 1. The predicted octanol–water partition coefficient (Wildman–Crippen LogP) is 1.80. The Hall–Kier alpha value is -2.65. The Balaban J connectivity index is 1.64. The van der Waals surface area contributed by atoms with Crippen molar-refractivity contribution in [2.45, 2.75) is 31.8 Å². The van der Waals surface area contributed by atoms with Gasteiger partial charge in [0.2, 0.25) is 0 Å². The molecule has 2 heterocycles. The van der Waals surface area contributed by atoms with Gasteiger partial charge in [0.15, 0.2) is 0 Å². The Morgan fingerprint density at radius 1 is 1.32 bits per heavy atom. The zero-order valence-corrected chi connectivity index (χ0v) is 14.5. The van der Waals surface area contributed by atoms with Gasteiger partial charge in [-0.15, -0.1) is 0 Å². The fourth-order valence-electron chi connectivity index (χ4n) is 3.29. The molecule has 2 aromatic rings. The number of hydrogen-bond acceptors (Lipinski definition) is 5. The third kappa shape index (κ3) is 4.25. The number of rotatable bonds is 5. The summed E-state index contributed by atoms with van der Waals surface area (Å²) < 4.78 is 1.39. The molecule has 6 heteroatoms. The number of piperidine rings is 1. The first-order chi connectivity index (χ1) is 12.2. The lowest BCUT2D eigenvalue weighted by Crippen LogP contribution is -2.46. The number of hydrogen-bond donors (Lipinski definition) is 1. The molecule has 1 saturated heterocycles. The van der Waals surface area contributed by atoms with E-state index < -0.39 is 0 Å². The molecule has 1 aromatic carbocycles. The van der Waals surface area contributed by atoms with Crippen molar-refractivity contribution in [3.05, 3.63) is 57.9 Å². The normalized spacial score (nSPS) is 17.3. The van der Waals surface area contributed by atoms with Gasteiger partial charge >= 0.3 is 0 Å². The highest BCUT2D eigenvalue weighted by Crippen LogP contribution is 2.22. The molecule has 0 bridgehead atoms. The summed E-state index contributed by atoms with van der Waals surface area (Å²) in [6.45, 7) is 2.54. The summed E-state index contributed by atoms with van der Waals surface area (Å²) in [5.41, 5.74) is 1.71. The lowest BCUT2D eigenvalue weighted by Gasteiger charge is -2.36. The molecular formula is C19H23N5O. The molecule has 0 spiro atoms. The maximum absolute atomic E-state index is 11.6. The van der Waals surface area contributed by atoms with Crippen LogP contribution in [0.15, 0.2) is 41.2 Å². The fourth-order valence-corrected chi connectivity index (χ4v) is 3.29. The van der Waals surface area contributed by atoms with Crippen molar-refractivity contribution in [3.63, 3.8) is 0 Å². The van der Waals surface area contributed by atoms with Gasteiger partial charge in [-0.2, -0.15) is 10.4 Å². The molecule has 1 aliphatic heterocycles. The summed E-state index contributed by atoms with van der Waals surface area (Å²) in [7, 11) is 1.69. The van der Waals surface area contributed by atoms with E-state index in [1.54, 1.807) is 13.1 Å². The number of aryl methyl sites for hydroxylation is 1. The Morgan fingerprint density at radius 3 is 3.00 bits per heavy atom. The maximum atomic E-state index is 11.6. The Labute approximate surface area is 147 Å². The van der Waals surface area contributed by atoms with Gasteiger partial charge in [0.05, 0.1) is 11.6 Å². The van der Waals surface area contributed by atoms with Crippen LogP contribution in [0.5, 0.6) is 0 Å². The van der Waals surface area contributed by atoms with Gasteiger partial charge in [0, 0.05) is 38.8 Å². The van der Waals surface area contributed by atoms with E-state index in [2.05, 4.69) is 21.4 Å². The van der Waals surface area contributed by atoms with Crippen LogP contribution in [0.2, 0.25) is 0 Å². The highest BCUT2D eigenvalue weighted by molar-refractivity contribution is 5.39. The van der Waals surface area contributed by atoms with E-state index in [4.69, 9.17) is 5.26 Å². The van der Waals surface area contributed by atoms with Crippen LogP contribution in [0, 0.1) is 11.3 Å². The third-order valence-electron chi connectivity index (χ3n) is 4.63. The van der Waals surface area contributed by atoms with Crippen LogP contribution in [0.1, 0.15) is 30.4 Å². The van der Waals surface area contributed by atoms with Crippen LogP contribution < -0.4 is 15.8 Å². The number of nitrogens with one attached hydrogen (secondary N) is 1. The second kappa shape index (κ2) is 7.95. The first-order valence-electron chi connectivity index (χ1n) is 8.68. The van der Waals surface area contributed by atoms with Crippen molar-refractivity contribution in [1.82, 2.24) is 15.1 Å². The molecule has 1 aromatic heterocycles. The molecule has 0 radical (unpaired) electrons. The molecule has 1 atom stereocenters. The van der Waals surface area contributed by atoms with E-state index in [0.29, 0.717) is 11.6 Å². The molecule has 0 aliphatic carbocycles. The van der Waals surface area contributed by atoms with Crippen LogP contribution in [0.4, 0.5) is 5.82 Å². The summed E-state index contributed by atoms with van der Waals surface area (Å²) in [5, 5.41) is 16.9. The quantitative estimate of drug-likeness (QED) is 0.900. The first-order valence-corrected chi connectivity index (χ1v) is 8.68. The molecule has 1 N–H and O–H groups in total. The topological polar surface area (TPSA) is 74.0 Å². The molecule has 130 valence electrons. The van der Waals surface area contributed by atoms with Crippen molar-refractivity contribution in [2.75, 3.05) is 18.0 Å². The molecule has 3 rings (SSSR count). The summed E-state index contributed by atoms with van der Waals surface area (Å²) in [6.07, 6.45) is 3.46. The lowest BCUT2D eigenvalue weighted by molar-refractivity contribution is 0.429. The Kier molecular flexibility index (Phi) is 5.46. The van der Waals surface area contributed by atoms with Crippen LogP contribution in [0.3, 0.4) is 0 Å². The summed E-state index contributed by atoms with van der Waals surface area (Å²) in [4.78, 5) is 13.9. The zero-order valence-electron chi connectivity index (χ0n) is 14.5. The van der Waals surface area contributed by atoms with Gasteiger partial charge < -0.3 is 10.2 Å². The minimum absolute atomic E-state index is 0.0900. The van der Waals surface area contributed by atoms with Crippen molar-refractivity contribution in [3.8, 4) is 6.07 Å². The van der Waals surface area contributed by atoms with Crippen LogP contribution in [0.25, 0.3) is 0 Å². The summed E-state index contributed by atoms with van der Waals surface area (Å²) in [6, 6.07) is 13.6. The van der Waals surface area contributed by atoms with E-state index in [9.17, 15) is 4.79 Å². The van der Waals surface area contributed by atoms with E-state index in [1.807, 2.05) is 30.3 Å². The molecule has 25 heavy (non-hydrogen) atoms. The lowest BCUT2D eigenvalue weighted by atomic mass is 10.0. The number of anilines is 1. The minimum atomic E-state index is -0.0900. The van der Waals surface area contributed by atoms with Gasteiger partial charge in [-0.1, -0.05) is 12.1 Å². The van der Waals surface area contributed by atoms with Gasteiger partial charge in [-0.3, -0.25) is 4.79 Å². The van der Waals surface area contributed by atoms with Gasteiger partial charge in [0.1, 0.15) is 5.82 Å². The molecular weight excluding hydrogens is 314 g/mol. The number of nitriles is 1. The van der Waals surface area contributed by atoms with Gasteiger partial charge in [0.25, 0.3) is 5.56 Å². The SMILES string of the molecule is Cn1nc(N2CCCCC2CNCc2cccc(C#N)c2)ccc1=O. The van der Waals surface area contributed by atoms with Crippen LogP contribution >= 0.6 is 0 Å². The molecule has 0 amide bonds. The monoisotopic (exact) mass is 337 g/mol. The maximum Gasteiger partial charge on any atom is 0.266 e. The summed E-state index contributed by atoms with van der Waals surface area (Å²) >= 11 is 0. The van der Waals surface area contributed by atoms with Crippen molar-refractivity contribution in [1.29, 1.82) is 5.26 Å². The highest BCUT2D eigenvalue weighted by atomic mass is 16.1. The first kappa shape index (κ1) is 17.2. The van der Waals surface area contributed by atoms with Crippen molar-refractivity contribution < 1.29 is 0 Å². The van der Waals surface area contributed by atoms with E-state index in [1.165, 1.54) is 11.1 Å². The predicted molar refractivity (Wildman–Crippen MR) is 97.3 cm³/mol. The molecule has 1 aliphatic rings. The molecule has 1 fully saturated rings. The average molecular weight is 337 g/mol. The molecule has 1 unspecified atom stereocenters. The van der Waals surface area contributed by atoms with Gasteiger partial charge in [-0.25, -0.2) is 4.68 Å². The fraction of sp³-hybridized carbons (Fsp3) is 0.421. The Morgan fingerprint density at radius 2 is 2.20 bits per heavy atom. The van der Waals surface area contributed by atoms with E-state index >= 15 is 0 Å². The smallest absolute Gasteiger partial charge is 0.266 e. The second-order valence-corrected chi connectivity index (χ2v) is 6.44. The van der Waals surface area contributed by atoms with Gasteiger partial charge in [-0.05, 0) is 43.0 Å². The average Bonchev–Trinajstić information content (AvgIpc) is 2.65. The molecule has 0 saturated carbocycles. The standard InChI is InChI=1S/C19H23N5O/c1-23-19(25)9-8-18(22-23)24-10-3-2-7-17(24)14-21-13-16-6-4-5-15(11-16)12-20/h4-6,8-9,11,17,21H,2-3,7,10,13-14H2,1H3.